The van der Waals surface area contributed by atoms with E-state index in [0.29, 0.717) is 11.3 Å². The van der Waals surface area contributed by atoms with Gasteiger partial charge in [-0.2, -0.15) is 5.26 Å². The number of hydrogen-bond acceptors (Lipinski definition) is 5. The lowest BCUT2D eigenvalue weighted by Gasteiger charge is -2.38. The van der Waals surface area contributed by atoms with Crippen molar-refractivity contribution in [3.8, 4) is 6.07 Å². The van der Waals surface area contributed by atoms with Crippen molar-refractivity contribution in [2.45, 2.75) is 0 Å². The van der Waals surface area contributed by atoms with E-state index in [4.69, 9.17) is 10.4 Å². The fourth-order valence-corrected chi connectivity index (χ4v) is 1.83. The molecule has 1 aromatic carbocycles. The minimum Gasteiger partial charge on any atom is -0.481 e. The molecule has 0 atom stereocenters. The maximum Gasteiger partial charge on any atom is 0.310 e. The van der Waals surface area contributed by atoms with E-state index in [1.165, 1.54) is 18.2 Å². The van der Waals surface area contributed by atoms with Gasteiger partial charge in [-0.15, -0.1) is 0 Å². The van der Waals surface area contributed by atoms with Crippen LogP contribution in [0.2, 0.25) is 0 Å². The molecule has 0 spiro atoms. The molecule has 1 fully saturated rings. The van der Waals surface area contributed by atoms with Gasteiger partial charge in [0.05, 0.1) is 22.5 Å². The summed E-state index contributed by atoms with van der Waals surface area (Å²) in [4.78, 5) is 22.6. The summed E-state index contributed by atoms with van der Waals surface area (Å²) in [7, 11) is 0. The maximum atomic E-state index is 10.9. The van der Waals surface area contributed by atoms with Crippen LogP contribution in [-0.2, 0) is 4.79 Å². The molecule has 0 aliphatic carbocycles. The first-order valence-corrected chi connectivity index (χ1v) is 5.19. The number of anilines is 1. The van der Waals surface area contributed by atoms with Crippen LogP contribution >= 0.6 is 0 Å². The molecule has 1 N–H and O–H groups in total. The van der Waals surface area contributed by atoms with E-state index in [-0.39, 0.29) is 18.8 Å². The summed E-state index contributed by atoms with van der Waals surface area (Å²) in [5.41, 5.74) is 0.503. The van der Waals surface area contributed by atoms with Crippen molar-refractivity contribution in [1.82, 2.24) is 0 Å². The number of nitriles is 1. The van der Waals surface area contributed by atoms with Gasteiger partial charge in [0.25, 0.3) is 5.69 Å². The SMILES string of the molecule is N#Cc1ccc([N+](=O)[O-])c(N2CC(C(=O)O)C2)c1. The van der Waals surface area contributed by atoms with E-state index in [1.807, 2.05) is 6.07 Å². The van der Waals surface area contributed by atoms with E-state index < -0.39 is 16.8 Å². The lowest BCUT2D eigenvalue weighted by atomic mass is 9.98. The normalized spacial score (nSPS) is 14.7. The highest BCUT2D eigenvalue weighted by Crippen LogP contribution is 2.33. The molecule has 0 saturated carbocycles. The van der Waals surface area contributed by atoms with Gasteiger partial charge in [-0.05, 0) is 12.1 Å². The molecular formula is C11H9N3O4. The zero-order valence-electron chi connectivity index (χ0n) is 9.24. The Balaban J connectivity index is 2.29. The third-order valence-corrected chi connectivity index (χ3v) is 2.87. The van der Waals surface area contributed by atoms with E-state index in [1.54, 1.807) is 4.90 Å². The zero-order chi connectivity index (χ0) is 13.3. The highest BCUT2D eigenvalue weighted by Gasteiger charge is 2.35. The van der Waals surface area contributed by atoms with Crippen LogP contribution in [0.3, 0.4) is 0 Å². The molecule has 1 aliphatic heterocycles. The van der Waals surface area contributed by atoms with Crippen LogP contribution in [0.1, 0.15) is 5.56 Å². The van der Waals surface area contributed by atoms with Crippen LogP contribution in [0.25, 0.3) is 0 Å². The van der Waals surface area contributed by atoms with Crippen LogP contribution in [0.4, 0.5) is 11.4 Å². The molecule has 18 heavy (non-hydrogen) atoms. The van der Waals surface area contributed by atoms with Gasteiger partial charge in [0, 0.05) is 19.2 Å². The van der Waals surface area contributed by atoms with Crippen LogP contribution in [0.15, 0.2) is 18.2 Å². The summed E-state index contributed by atoms with van der Waals surface area (Å²) < 4.78 is 0. The molecule has 1 aliphatic rings. The molecule has 0 unspecified atom stereocenters. The average Bonchev–Trinajstić information content (AvgIpc) is 2.26. The fraction of sp³-hybridized carbons (Fsp3) is 0.273. The number of benzene rings is 1. The van der Waals surface area contributed by atoms with Crippen LogP contribution in [0.5, 0.6) is 0 Å². The largest absolute Gasteiger partial charge is 0.481 e. The Kier molecular flexibility index (Phi) is 2.85. The summed E-state index contributed by atoms with van der Waals surface area (Å²) in [6.45, 7) is 0.454. The number of nitrogens with zero attached hydrogens (tertiary/aromatic N) is 3. The van der Waals surface area contributed by atoms with Crippen molar-refractivity contribution in [3.05, 3.63) is 33.9 Å². The number of carboxylic acid groups (broad SMARTS) is 1. The highest BCUT2D eigenvalue weighted by atomic mass is 16.6. The van der Waals surface area contributed by atoms with Crippen molar-refractivity contribution in [2.24, 2.45) is 5.92 Å². The number of carboxylic acids is 1. The maximum absolute atomic E-state index is 10.9. The molecular weight excluding hydrogens is 238 g/mol. The van der Waals surface area contributed by atoms with Crippen molar-refractivity contribution < 1.29 is 14.8 Å². The molecule has 1 heterocycles. The highest BCUT2D eigenvalue weighted by molar-refractivity contribution is 5.76. The van der Waals surface area contributed by atoms with E-state index in [2.05, 4.69) is 0 Å². The standard InChI is InChI=1S/C11H9N3O4/c12-4-7-1-2-9(14(17)18)10(3-7)13-5-8(6-13)11(15)16/h1-3,8H,5-6H2,(H,15,16). The molecule has 0 amide bonds. The minimum absolute atomic E-state index is 0.113. The number of rotatable bonds is 3. The van der Waals surface area contributed by atoms with Crippen molar-refractivity contribution >= 4 is 17.3 Å². The van der Waals surface area contributed by atoms with Crippen LogP contribution in [0, 0.1) is 27.4 Å². The fourth-order valence-electron chi connectivity index (χ4n) is 1.83. The molecule has 92 valence electrons. The Labute approximate surface area is 102 Å². The van der Waals surface area contributed by atoms with E-state index in [0.717, 1.165) is 0 Å². The first-order valence-electron chi connectivity index (χ1n) is 5.19. The van der Waals surface area contributed by atoms with Gasteiger partial charge >= 0.3 is 5.97 Å². The molecule has 1 aromatic rings. The number of aliphatic carboxylic acids is 1. The predicted molar refractivity (Wildman–Crippen MR) is 61.2 cm³/mol. The Bertz CT molecular complexity index is 558. The first kappa shape index (κ1) is 11.9. The quantitative estimate of drug-likeness (QED) is 0.630. The Hall–Kier alpha value is -2.62. The Morgan fingerprint density at radius 2 is 2.22 bits per heavy atom. The Morgan fingerprint density at radius 1 is 1.56 bits per heavy atom. The summed E-state index contributed by atoms with van der Waals surface area (Å²) in [5, 5.41) is 28.4. The second-order valence-corrected chi connectivity index (χ2v) is 4.01. The van der Waals surface area contributed by atoms with Crippen LogP contribution < -0.4 is 4.90 Å². The molecule has 7 nitrogen and oxygen atoms in total. The zero-order valence-corrected chi connectivity index (χ0v) is 9.24. The van der Waals surface area contributed by atoms with Crippen molar-refractivity contribution in [2.75, 3.05) is 18.0 Å². The summed E-state index contributed by atoms with van der Waals surface area (Å²) in [6.07, 6.45) is 0. The van der Waals surface area contributed by atoms with Crippen LogP contribution in [-0.4, -0.2) is 29.1 Å². The predicted octanol–water partition coefficient (Wildman–Crippen LogP) is 0.987. The van der Waals surface area contributed by atoms with Gasteiger partial charge in [0.2, 0.25) is 0 Å². The summed E-state index contributed by atoms with van der Waals surface area (Å²) in [5.74, 6) is -1.42. The number of carbonyl (C=O) groups is 1. The number of nitro groups is 1. The smallest absolute Gasteiger partial charge is 0.310 e. The number of hydrogen-bond donors (Lipinski definition) is 1. The van der Waals surface area contributed by atoms with Gasteiger partial charge < -0.3 is 10.0 Å². The molecule has 0 aromatic heterocycles. The minimum atomic E-state index is -0.912. The lowest BCUT2D eigenvalue weighted by molar-refractivity contribution is -0.384. The van der Waals surface area contributed by atoms with Crippen molar-refractivity contribution in [1.29, 1.82) is 5.26 Å². The Morgan fingerprint density at radius 3 is 2.72 bits per heavy atom. The molecule has 0 bridgehead atoms. The van der Waals surface area contributed by atoms with Gasteiger partial charge in [0.15, 0.2) is 0 Å². The number of nitro benzene ring substituents is 1. The van der Waals surface area contributed by atoms with Gasteiger partial charge in [-0.3, -0.25) is 14.9 Å². The first-order chi connectivity index (χ1) is 8.52. The van der Waals surface area contributed by atoms with Gasteiger partial charge in [-0.1, -0.05) is 0 Å². The van der Waals surface area contributed by atoms with E-state index >= 15 is 0 Å². The van der Waals surface area contributed by atoms with Gasteiger partial charge in [0.1, 0.15) is 5.69 Å². The molecule has 0 radical (unpaired) electrons. The average molecular weight is 247 g/mol. The van der Waals surface area contributed by atoms with Gasteiger partial charge in [-0.25, -0.2) is 0 Å². The lowest BCUT2D eigenvalue weighted by Crippen LogP contribution is -2.50. The summed E-state index contributed by atoms with van der Waals surface area (Å²) in [6, 6.07) is 5.95. The second-order valence-electron chi connectivity index (χ2n) is 4.01. The molecule has 1 saturated heterocycles. The second kappa shape index (κ2) is 4.33. The monoisotopic (exact) mass is 247 g/mol. The van der Waals surface area contributed by atoms with E-state index in [9.17, 15) is 14.9 Å². The third-order valence-electron chi connectivity index (χ3n) is 2.87. The summed E-state index contributed by atoms with van der Waals surface area (Å²) >= 11 is 0. The van der Waals surface area contributed by atoms with Crippen molar-refractivity contribution in [3.63, 3.8) is 0 Å². The molecule has 2 rings (SSSR count). The third kappa shape index (κ3) is 1.96. The topological polar surface area (TPSA) is 107 Å². The molecule has 7 heteroatoms.